The molecule has 16 heavy (non-hydrogen) atoms. The molecule has 2 heterocycles. The van der Waals surface area contributed by atoms with Crippen LogP contribution in [0.15, 0.2) is 36.5 Å². The molecule has 0 amide bonds. The average Bonchev–Trinajstić information content (AvgIpc) is 2.68. The minimum Gasteiger partial charge on any atom is -0.497 e. The molecule has 0 atom stereocenters. The first-order valence-corrected chi connectivity index (χ1v) is 4.93. The van der Waals surface area contributed by atoms with Crippen molar-refractivity contribution in [1.29, 1.82) is 0 Å². The molecule has 0 aliphatic carbocycles. The molecule has 0 aromatic heterocycles. The average molecular weight is 214 g/mol. The van der Waals surface area contributed by atoms with E-state index in [4.69, 9.17) is 4.74 Å². The maximum atomic E-state index is 9.62. The summed E-state index contributed by atoms with van der Waals surface area (Å²) in [5.41, 5.74) is 1.76. The molecule has 4 heteroatoms. The van der Waals surface area contributed by atoms with Crippen molar-refractivity contribution in [3.8, 4) is 17.1 Å². The fourth-order valence-electron chi connectivity index (χ4n) is 1.88. The van der Waals surface area contributed by atoms with Crippen LogP contribution in [-0.4, -0.2) is 22.0 Å². The van der Waals surface area contributed by atoms with Crippen molar-refractivity contribution >= 4 is 10.9 Å². The van der Waals surface area contributed by atoms with Crippen molar-refractivity contribution in [3.63, 3.8) is 0 Å². The Balaban J connectivity index is 2.40. The monoisotopic (exact) mass is 214 g/mol. The van der Waals surface area contributed by atoms with E-state index < -0.39 is 0 Å². The molecule has 0 saturated heterocycles. The minimum atomic E-state index is 0.561. The van der Waals surface area contributed by atoms with Crippen molar-refractivity contribution in [2.24, 2.45) is 0 Å². The Bertz CT molecular complexity index is 630. The summed E-state index contributed by atoms with van der Waals surface area (Å²) in [6, 6.07) is 9.41. The van der Waals surface area contributed by atoms with Crippen molar-refractivity contribution < 1.29 is 9.94 Å². The van der Waals surface area contributed by atoms with Gasteiger partial charge in [0.05, 0.1) is 12.6 Å². The van der Waals surface area contributed by atoms with E-state index in [2.05, 4.69) is 4.98 Å². The second-order valence-corrected chi connectivity index (χ2v) is 3.58. The standard InChI is InChI=1S/C12H10N2O2/c1-16-8-4-5-9-10-3-2-6-14(15)12(10)13-11(9)7-8/h2-7,15H,1H3. The largest absolute Gasteiger partial charge is 0.497 e. The van der Waals surface area contributed by atoms with Crippen molar-refractivity contribution in [2.45, 2.75) is 0 Å². The molecule has 4 nitrogen and oxygen atoms in total. The molecule has 0 fully saturated rings. The number of ether oxygens (including phenoxy) is 1. The molecule has 0 saturated carbocycles. The van der Waals surface area contributed by atoms with Crippen LogP contribution in [-0.2, 0) is 0 Å². The lowest BCUT2D eigenvalue weighted by atomic mass is 10.1. The molecule has 2 aliphatic rings. The highest BCUT2D eigenvalue weighted by Crippen LogP contribution is 2.32. The number of rotatable bonds is 1. The van der Waals surface area contributed by atoms with E-state index in [1.54, 1.807) is 19.4 Å². The highest BCUT2D eigenvalue weighted by molar-refractivity contribution is 5.96. The summed E-state index contributed by atoms with van der Waals surface area (Å²) in [5.74, 6) is 1.32. The van der Waals surface area contributed by atoms with Gasteiger partial charge in [0.25, 0.3) is 0 Å². The zero-order valence-corrected chi connectivity index (χ0v) is 8.71. The summed E-state index contributed by atoms with van der Waals surface area (Å²) in [6.45, 7) is 0. The van der Waals surface area contributed by atoms with Gasteiger partial charge in [0.1, 0.15) is 5.75 Å². The van der Waals surface area contributed by atoms with Gasteiger partial charge in [0.2, 0.25) is 0 Å². The predicted octanol–water partition coefficient (Wildman–Crippen LogP) is 2.39. The lowest BCUT2D eigenvalue weighted by Gasteiger charge is -2.02. The number of nitrogens with zero attached hydrogens (tertiary/aromatic N) is 2. The Morgan fingerprint density at radius 3 is 3.00 bits per heavy atom. The van der Waals surface area contributed by atoms with Gasteiger partial charge in [0, 0.05) is 23.2 Å². The first kappa shape index (κ1) is 9.03. The molecule has 1 N–H and O–H groups in total. The fraction of sp³-hybridized carbons (Fsp3) is 0.0833. The van der Waals surface area contributed by atoms with Gasteiger partial charge in [-0.3, -0.25) is 0 Å². The van der Waals surface area contributed by atoms with E-state index in [-0.39, 0.29) is 0 Å². The van der Waals surface area contributed by atoms with E-state index in [0.29, 0.717) is 5.82 Å². The molecule has 0 radical (unpaired) electrons. The summed E-state index contributed by atoms with van der Waals surface area (Å²) in [7, 11) is 1.62. The number of hydrogen-bond donors (Lipinski definition) is 1. The van der Waals surface area contributed by atoms with E-state index in [1.165, 1.54) is 0 Å². The third-order valence-electron chi connectivity index (χ3n) is 2.67. The summed E-state index contributed by atoms with van der Waals surface area (Å²) in [5, 5.41) is 10.6. The van der Waals surface area contributed by atoms with Gasteiger partial charge in [-0.1, -0.05) is 0 Å². The molecular formula is C12H10N2O2. The molecule has 0 unspecified atom stereocenters. The van der Waals surface area contributed by atoms with Crippen LogP contribution in [0.25, 0.3) is 22.3 Å². The van der Waals surface area contributed by atoms with Crippen molar-refractivity contribution in [3.05, 3.63) is 36.5 Å². The Morgan fingerprint density at radius 2 is 2.19 bits per heavy atom. The van der Waals surface area contributed by atoms with Crippen LogP contribution in [0.2, 0.25) is 0 Å². The predicted molar refractivity (Wildman–Crippen MR) is 60.1 cm³/mol. The lowest BCUT2D eigenvalue weighted by Crippen LogP contribution is -1.96. The maximum Gasteiger partial charge on any atom is 0.176 e. The van der Waals surface area contributed by atoms with Gasteiger partial charge in [0.15, 0.2) is 5.82 Å². The van der Waals surface area contributed by atoms with Crippen molar-refractivity contribution in [2.75, 3.05) is 7.11 Å². The van der Waals surface area contributed by atoms with Crippen LogP contribution in [0.3, 0.4) is 0 Å². The van der Waals surface area contributed by atoms with Gasteiger partial charge >= 0.3 is 0 Å². The highest BCUT2D eigenvalue weighted by Gasteiger charge is 2.14. The van der Waals surface area contributed by atoms with Crippen LogP contribution in [0.4, 0.5) is 0 Å². The number of aromatic nitrogens is 2. The Morgan fingerprint density at radius 1 is 1.31 bits per heavy atom. The molecule has 0 bridgehead atoms. The molecular weight excluding hydrogens is 204 g/mol. The van der Waals surface area contributed by atoms with Crippen LogP contribution >= 0.6 is 0 Å². The summed E-state index contributed by atoms with van der Waals surface area (Å²) < 4.78 is 6.17. The van der Waals surface area contributed by atoms with Crippen LogP contribution in [0.1, 0.15) is 0 Å². The second kappa shape index (κ2) is 3.13. The van der Waals surface area contributed by atoms with E-state index in [1.807, 2.05) is 24.3 Å². The van der Waals surface area contributed by atoms with Gasteiger partial charge in [-0.2, -0.15) is 4.73 Å². The maximum absolute atomic E-state index is 9.62. The summed E-state index contributed by atoms with van der Waals surface area (Å²) >= 11 is 0. The molecule has 1 aromatic rings. The number of benzene rings is 1. The number of hydrogen-bond acceptors (Lipinski definition) is 3. The Kier molecular flexibility index (Phi) is 1.77. The molecule has 1 aromatic carbocycles. The van der Waals surface area contributed by atoms with Crippen LogP contribution < -0.4 is 4.74 Å². The van der Waals surface area contributed by atoms with Gasteiger partial charge in [-0.15, -0.1) is 0 Å². The van der Waals surface area contributed by atoms with E-state index in [9.17, 15) is 5.21 Å². The lowest BCUT2D eigenvalue weighted by molar-refractivity contribution is 0.187. The quantitative estimate of drug-likeness (QED) is 0.633. The summed E-state index contributed by atoms with van der Waals surface area (Å²) in [6.07, 6.45) is 1.56. The Labute approximate surface area is 92.0 Å². The molecule has 80 valence electrons. The fourth-order valence-corrected chi connectivity index (χ4v) is 1.88. The third kappa shape index (κ3) is 1.13. The van der Waals surface area contributed by atoms with E-state index in [0.717, 1.165) is 26.9 Å². The number of fused-ring (bicyclic) bond motifs is 3. The number of pyridine rings is 1. The molecule has 3 rings (SSSR count). The van der Waals surface area contributed by atoms with Gasteiger partial charge in [-0.25, -0.2) is 4.98 Å². The zero-order chi connectivity index (χ0) is 11.1. The SMILES string of the molecule is COc1ccc2c3cccn(O)c-3nc2c1. The topological polar surface area (TPSA) is 47.3 Å². The first-order valence-electron chi connectivity index (χ1n) is 4.93. The van der Waals surface area contributed by atoms with Gasteiger partial charge < -0.3 is 9.94 Å². The molecule has 0 spiro atoms. The second-order valence-electron chi connectivity index (χ2n) is 3.58. The smallest absolute Gasteiger partial charge is 0.176 e. The first-order chi connectivity index (χ1) is 7.79. The zero-order valence-electron chi connectivity index (χ0n) is 8.71. The number of methoxy groups -OCH3 is 1. The molecule has 2 aliphatic heterocycles. The Hall–Kier alpha value is -2.23. The highest BCUT2D eigenvalue weighted by atomic mass is 16.5. The normalized spacial score (nSPS) is 11.1. The van der Waals surface area contributed by atoms with Crippen LogP contribution in [0, 0.1) is 0 Å². The van der Waals surface area contributed by atoms with Gasteiger partial charge in [-0.05, 0) is 24.3 Å². The minimum absolute atomic E-state index is 0.561. The van der Waals surface area contributed by atoms with E-state index >= 15 is 0 Å². The van der Waals surface area contributed by atoms with Crippen LogP contribution in [0.5, 0.6) is 5.75 Å². The summed E-state index contributed by atoms with van der Waals surface area (Å²) in [4.78, 5) is 4.36. The third-order valence-corrected chi connectivity index (χ3v) is 2.67. The van der Waals surface area contributed by atoms with Crippen molar-refractivity contribution in [1.82, 2.24) is 9.71 Å².